The second-order valence-electron chi connectivity index (χ2n) is 3.60. The Morgan fingerprint density at radius 2 is 1.71 bits per heavy atom. The molecule has 2 rings (SSSR count). The molecule has 0 aliphatic rings. The number of hydrogen-bond donors (Lipinski definition) is 0. The lowest BCUT2D eigenvalue weighted by atomic mass is 10.1. The quantitative estimate of drug-likeness (QED) is 0.542. The van der Waals surface area contributed by atoms with E-state index in [9.17, 15) is 13.2 Å². The molecule has 0 amide bonds. The summed E-state index contributed by atoms with van der Waals surface area (Å²) < 4.78 is 39.4. The topological polar surface area (TPSA) is 0 Å². The summed E-state index contributed by atoms with van der Waals surface area (Å²) in [5.74, 6) is -2.97. The molecule has 0 aliphatic carbocycles. The molecule has 0 nitrogen and oxygen atoms in total. The molecule has 90 valence electrons. The molecule has 0 fully saturated rings. The Labute approximate surface area is 109 Å². The normalized spacial score (nSPS) is 12.8. The van der Waals surface area contributed by atoms with E-state index in [4.69, 9.17) is 0 Å². The first-order valence-corrected chi connectivity index (χ1v) is 6.57. The lowest BCUT2D eigenvalue weighted by molar-refractivity contribution is 0.491. The standard InChI is InChI=1S/C12H8BrF3S/c1-6-2-3-11(17-6)12(13)7-4-9(15)10(16)5-8(7)14/h2-5,12H,1H3. The van der Waals surface area contributed by atoms with Crippen molar-refractivity contribution in [3.8, 4) is 0 Å². The van der Waals surface area contributed by atoms with Crippen molar-refractivity contribution in [2.75, 3.05) is 0 Å². The van der Waals surface area contributed by atoms with Crippen LogP contribution < -0.4 is 0 Å². The summed E-state index contributed by atoms with van der Waals surface area (Å²) in [5, 5.41) is 0. The predicted octanol–water partition coefficient (Wildman–Crippen LogP) is 4.96. The molecule has 0 aliphatic heterocycles. The third-order valence-electron chi connectivity index (χ3n) is 2.32. The fourth-order valence-electron chi connectivity index (χ4n) is 1.48. The summed E-state index contributed by atoms with van der Waals surface area (Å²) in [4.78, 5) is 1.47. The van der Waals surface area contributed by atoms with Gasteiger partial charge in [-0.3, -0.25) is 0 Å². The molecule has 0 spiro atoms. The average Bonchev–Trinajstić information content (AvgIpc) is 2.69. The zero-order chi connectivity index (χ0) is 12.6. The van der Waals surface area contributed by atoms with Crippen molar-refractivity contribution in [2.24, 2.45) is 0 Å². The monoisotopic (exact) mass is 320 g/mol. The summed E-state index contributed by atoms with van der Waals surface area (Å²) in [7, 11) is 0. The van der Waals surface area contributed by atoms with Crippen LogP contribution in [0.25, 0.3) is 0 Å². The van der Waals surface area contributed by atoms with Crippen molar-refractivity contribution in [2.45, 2.75) is 11.8 Å². The van der Waals surface area contributed by atoms with Crippen LogP contribution >= 0.6 is 27.3 Å². The Balaban J connectivity index is 2.43. The summed E-state index contributed by atoms with van der Waals surface area (Å²) in [5.41, 5.74) is 0.103. The van der Waals surface area contributed by atoms with Crippen LogP contribution in [0.5, 0.6) is 0 Å². The lowest BCUT2D eigenvalue weighted by Gasteiger charge is -2.09. The van der Waals surface area contributed by atoms with Gasteiger partial charge in [0.1, 0.15) is 5.82 Å². The van der Waals surface area contributed by atoms with Crippen molar-refractivity contribution in [3.63, 3.8) is 0 Å². The van der Waals surface area contributed by atoms with Gasteiger partial charge in [-0.25, -0.2) is 13.2 Å². The molecule has 0 radical (unpaired) electrons. The number of alkyl halides is 1. The zero-order valence-electron chi connectivity index (χ0n) is 8.81. The molecule has 2 aromatic rings. The van der Waals surface area contributed by atoms with Gasteiger partial charge in [0.25, 0.3) is 0 Å². The largest absolute Gasteiger partial charge is 0.207 e. The van der Waals surface area contributed by atoms with E-state index in [1.165, 1.54) is 11.3 Å². The third kappa shape index (κ3) is 2.55. The van der Waals surface area contributed by atoms with E-state index in [0.717, 1.165) is 15.8 Å². The maximum Gasteiger partial charge on any atom is 0.161 e. The first-order chi connectivity index (χ1) is 7.99. The molecule has 17 heavy (non-hydrogen) atoms. The summed E-state index contributed by atoms with van der Waals surface area (Å²) in [6, 6.07) is 5.19. The van der Waals surface area contributed by atoms with Gasteiger partial charge in [0.15, 0.2) is 11.6 Å². The molecule has 1 unspecified atom stereocenters. The number of rotatable bonds is 2. The van der Waals surface area contributed by atoms with Crippen LogP contribution in [0.3, 0.4) is 0 Å². The number of hydrogen-bond acceptors (Lipinski definition) is 1. The summed E-state index contributed by atoms with van der Waals surface area (Å²) in [6.45, 7) is 1.93. The minimum atomic E-state index is -1.17. The summed E-state index contributed by atoms with van der Waals surface area (Å²) in [6.07, 6.45) is 0. The van der Waals surface area contributed by atoms with E-state index in [1.54, 1.807) is 0 Å². The number of benzene rings is 1. The van der Waals surface area contributed by atoms with Crippen LogP contribution in [0.4, 0.5) is 13.2 Å². The number of halogens is 4. The van der Waals surface area contributed by atoms with E-state index in [-0.39, 0.29) is 5.56 Å². The molecule has 0 N–H and O–H groups in total. The van der Waals surface area contributed by atoms with Crippen molar-refractivity contribution < 1.29 is 13.2 Å². The first kappa shape index (κ1) is 12.6. The van der Waals surface area contributed by atoms with Gasteiger partial charge in [-0.1, -0.05) is 15.9 Å². The first-order valence-electron chi connectivity index (χ1n) is 4.84. The van der Waals surface area contributed by atoms with E-state index >= 15 is 0 Å². The van der Waals surface area contributed by atoms with Crippen LogP contribution in [-0.2, 0) is 0 Å². The highest BCUT2D eigenvalue weighted by Gasteiger charge is 2.19. The molecule has 0 saturated carbocycles. The van der Waals surface area contributed by atoms with E-state index in [0.29, 0.717) is 6.07 Å². The fourth-order valence-corrected chi connectivity index (χ4v) is 3.13. The third-order valence-corrected chi connectivity index (χ3v) is 4.68. The van der Waals surface area contributed by atoms with Gasteiger partial charge < -0.3 is 0 Å². The highest BCUT2D eigenvalue weighted by atomic mass is 79.9. The zero-order valence-corrected chi connectivity index (χ0v) is 11.2. The van der Waals surface area contributed by atoms with Crippen molar-refractivity contribution >= 4 is 27.3 Å². The minimum Gasteiger partial charge on any atom is -0.207 e. The Hall–Kier alpha value is -0.810. The van der Waals surface area contributed by atoms with Crippen LogP contribution in [0, 0.1) is 24.4 Å². The summed E-state index contributed by atoms with van der Waals surface area (Å²) >= 11 is 4.78. The van der Waals surface area contributed by atoms with E-state index < -0.39 is 22.3 Å². The molecule has 0 saturated heterocycles. The Morgan fingerprint density at radius 1 is 1.06 bits per heavy atom. The second kappa shape index (κ2) is 4.82. The van der Waals surface area contributed by atoms with Crippen LogP contribution in [0.15, 0.2) is 24.3 Å². The molecular weight excluding hydrogens is 313 g/mol. The molecule has 5 heteroatoms. The van der Waals surface area contributed by atoms with Gasteiger partial charge in [-0.05, 0) is 25.1 Å². The van der Waals surface area contributed by atoms with Gasteiger partial charge in [0, 0.05) is 21.4 Å². The van der Waals surface area contributed by atoms with Crippen molar-refractivity contribution in [3.05, 3.63) is 57.0 Å². The van der Waals surface area contributed by atoms with Crippen LogP contribution in [0.1, 0.15) is 20.1 Å². The Kier molecular flexibility index (Phi) is 3.58. The highest BCUT2D eigenvalue weighted by Crippen LogP contribution is 2.36. The SMILES string of the molecule is Cc1ccc(C(Br)c2cc(F)c(F)cc2F)s1. The highest BCUT2D eigenvalue weighted by molar-refractivity contribution is 9.09. The predicted molar refractivity (Wildman–Crippen MR) is 66.1 cm³/mol. The number of thiophene rings is 1. The Morgan fingerprint density at radius 3 is 2.29 bits per heavy atom. The lowest BCUT2D eigenvalue weighted by Crippen LogP contribution is -1.98. The van der Waals surface area contributed by atoms with Crippen LogP contribution in [0.2, 0.25) is 0 Å². The van der Waals surface area contributed by atoms with Gasteiger partial charge in [0.05, 0.1) is 4.83 Å². The Bertz CT molecular complexity index is 551. The van der Waals surface area contributed by atoms with Crippen molar-refractivity contribution in [1.82, 2.24) is 0 Å². The second-order valence-corrected chi connectivity index (χ2v) is 5.83. The fraction of sp³-hybridized carbons (Fsp3) is 0.167. The smallest absolute Gasteiger partial charge is 0.161 e. The molecule has 1 aromatic heterocycles. The van der Waals surface area contributed by atoms with Crippen LogP contribution in [-0.4, -0.2) is 0 Å². The van der Waals surface area contributed by atoms with Gasteiger partial charge >= 0.3 is 0 Å². The van der Waals surface area contributed by atoms with Crippen molar-refractivity contribution in [1.29, 1.82) is 0 Å². The molecule has 1 aromatic carbocycles. The molecule has 1 atom stereocenters. The van der Waals surface area contributed by atoms with Gasteiger partial charge in [-0.2, -0.15) is 0 Å². The van der Waals surface area contributed by atoms with E-state index in [2.05, 4.69) is 15.9 Å². The maximum atomic E-state index is 13.5. The molecule has 1 heterocycles. The maximum absolute atomic E-state index is 13.5. The number of aryl methyl sites for hydroxylation is 1. The van der Waals surface area contributed by atoms with Gasteiger partial charge in [-0.15, -0.1) is 11.3 Å². The van der Waals surface area contributed by atoms with Gasteiger partial charge in [0.2, 0.25) is 0 Å². The molecular formula is C12H8BrF3S. The molecule has 0 bridgehead atoms. The van der Waals surface area contributed by atoms with E-state index in [1.807, 2.05) is 19.1 Å². The minimum absolute atomic E-state index is 0.103. The average molecular weight is 321 g/mol.